The Morgan fingerprint density at radius 3 is 2.02 bits per heavy atom. The molecule has 1 saturated heterocycles. The molecular formula is C32H38N6O5. The number of hydrogen-bond acceptors (Lipinski definition) is 5. The van der Waals surface area contributed by atoms with Crippen LogP contribution in [0.15, 0.2) is 60.9 Å². The Bertz CT molecular complexity index is 1640. The van der Waals surface area contributed by atoms with Gasteiger partial charge in [0.05, 0.1) is 6.04 Å². The highest BCUT2D eigenvalue weighted by Gasteiger charge is 2.39. The molecule has 3 heterocycles. The summed E-state index contributed by atoms with van der Waals surface area (Å²) in [5.74, 6) is -2.69. The number of likely N-dealkylation sites (tertiary alicyclic amines) is 1. The molecule has 4 aromatic rings. The maximum absolute atomic E-state index is 14.0. The highest BCUT2D eigenvalue weighted by molar-refractivity contribution is 5.95. The van der Waals surface area contributed by atoms with Crippen molar-refractivity contribution in [3.05, 3.63) is 72.1 Å². The molecule has 11 heteroatoms. The number of benzene rings is 2. The van der Waals surface area contributed by atoms with E-state index in [4.69, 9.17) is 5.73 Å². The molecular weight excluding hydrogens is 548 g/mol. The highest BCUT2D eigenvalue weighted by atomic mass is 16.4. The van der Waals surface area contributed by atoms with E-state index in [-0.39, 0.29) is 18.8 Å². The van der Waals surface area contributed by atoms with E-state index in [9.17, 15) is 24.3 Å². The van der Waals surface area contributed by atoms with E-state index in [1.807, 2.05) is 68.6 Å². The van der Waals surface area contributed by atoms with Gasteiger partial charge in [0.15, 0.2) is 0 Å². The topological polar surface area (TPSA) is 173 Å². The summed E-state index contributed by atoms with van der Waals surface area (Å²) in [4.78, 5) is 60.6. The Morgan fingerprint density at radius 1 is 0.907 bits per heavy atom. The summed E-state index contributed by atoms with van der Waals surface area (Å²) in [5, 5.41) is 17.3. The van der Waals surface area contributed by atoms with Crippen LogP contribution >= 0.6 is 0 Å². The number of carbonyl (C=O) groups is 4. The number of H-pyrrole nitrogens is 2. The first kappa shape index (κ1) is 29.8. The number of rotatable bonds is 11. The summed E-state index contributed by atoms with van der Waals surface area (Å²) in [6, 6.07) is 11.4. The molecule has 2 aromatic carbocycles. The monoisotopic (exact) mass is 586 g/mol. The van der Waals surface area contributed by atoms with Gasteiger partial charge in [0, 0.05) is 53.6 Å². The van der Waals surface area contributed by atoms with Crippen molar-refractivity contribution in [1.29, 1.82) is 0 Å². The van der Waals surface area contributed by atoms with Gasteiger partial charge in [-0.25, -0.2) is 4.79 Å². The van der Waals surface area contributed by atoms with E-state index in [0.717, 1.165) is 32.9 Å². The second-order valence-electron chi connectivity index (χ2n) is 11.5. The Kier molecular flexibility index (Phi) is 8.81. The number of nitrogens with two attached hydrogens (primary N) is 1. The summed E-state index contributed by atoms with van der Waals surface area (Å²) in [7, 11) is 0. The van der Waals surface area contributed by atoms with E-state index in [2.05, 4.69) is 20.6 Å². The molecule has 2 aromatic heterocycles. The first-order chi connectivity index (χ1) is 20.6. The number of amides is 3. The Labute approximate surface area is 249 Å². The summed E-state index contributed by atoms with van der Waals surface area (Å²) in [6.07, 6.45) is 4.80. The van der Waals surface area contributed by atoms with Crippen LogP contribution in [0.1, 0.15) is 37.8 Å². The predicted octanol–water partition coefficient (Wildman–Crippen LogP) is 2.46. The predicted molar refractivity (Wildman–Crippen MR) is 163 cm³/mol. The van der Waals surface area contributed by atoms with Gasteiger partial charge in [-0.1, -0.05) is 50.2 Å². The van der Waals surface area contributed by atoms with Gasteiger partial charge in [-0.2, -0.15) is 0 Å². The molecule has 0 spiro atoms. The van der Waals surface area contributed by atoms with Crippen LogP contribution in [0.25, 0.3) is 21.8 Å². The fourth-order valence-corrected chi connectivity index (χ4v) is 5.78. The van der Waals surface area contributed by atoms with Crippen molar-refractivity contribution in [3.8, 4) is 0 Å². The third-order valence-corrected chi connectivity index (χ3v) is 8.29. The fourth-order valence-electron chi connectivity index (χ4n) is 5.78. The quantitative estimate of drug-likeness (QED) is 0.157. The van der Waals surface area contributed by atoms with Gasteiger partial charge in [0.2, 0.25) is 17.7 Å². The molecule has 0 radical (unpaired) electrons. The minimum Gasteiger partial charge on any atom is -0.480 e. The van der Waals surface area contributed by atoms with Crippen LogP contribution in [0.5, 0.6) is 0 Å². The zero-order valence-electron chi connectivity index (χ0n) is 24.3. The zero-order chi connectivity index (χ0) is 30.7. The molecule has 1 fully saturated rings. The molecule has 1 aliphatic rings. The number of carboxylic acid groups (broad SMARTS) is 1. The largest absolute Gasteiger partial charge is 0.480 e. The lowest BCUT2D eigenvalue weighted by Crippen LogP contribution is -2.58. The van der Waals surface area contributed by atoms with Crippen LogP contribution in [-0.4, -0.2) is 74.4 Å². The van der Waals surface area contributed by atoms with Crippen molar-refractivity contribution in [2.75, 3.05) is 6.54 Å². The van der Waals surface area contributed by atoms with Crippen LogP contribution in [0.3, 0.4) is 0 Å². The van der Waals surface area contributed by atoms with E-state index >= 15 is 0 Å². The smallest absolute Gasteiger partial charge is 0.326 e. The van der Waals surface area contributed by atoms with E-state index < -0.39 is 47.9 Å². The Morgan fingerprint density at radius 2 is 1.47 bits per heavy atom. The van der Waals surface area contributed by atoms with Gasteiger partial charge in [-0.3, -0.25) is 14.4 Å². The first-order valence-electron chi connectivity index (χ1n) is 14.6. The van der Waals surface area contributed by atoms with Gasteiger partial charge in [-0.15, -0.1) is 0 Å². The van der Waals surface area contributed by atoms with Crippen LogP contribution < -0.4 is 16.4 Å². The number of hydrogen-bond donors (Lipinski definition) is 6. The van der Waals surface area contributed by atoms with Crippen LogP contribution in [-0.2, 0) is 32.0 Å². The highest BCUT2D eigenvalue weighted by Crippen LogP contribution is 2.24. The maximum Gasteiger partial charge on any atom is 0.326 e. The van der Waals surface area contributed by atoms with Crippen molar-refractivity contribution < 1.29 is 24.3 Å². The van der Waals surface area contributed by atoms with Crippen molar-refractivity contribution in [3.63, 3.8) is 0 Å². The first-order valence-corrected chi connectivity index (χ1v) is 14.6. The molecule has 43 heavy (non-hydrogen) atoms. The number of aromatic nitrogens is 2. The van der Waals surface area contributed by atoms with Crippen LogP contribution in [0.4, 0.5) is 0 Å². The molecule has 0 bridgehead atoms. The lowest BCUT2D eigenvalue weighted by Gasteiger charge is -2.30. The van der Waals surface area contributed by atoms with Crippen molar-refractivity contribution in [2.24, 2.45) is 11.7 Å². The summed E-state index contributed by atoms with van der Waals surface area (Å²) in [5.41, 5.74) is 9.50. The van der Waals surface area contributed by atoms with Crippen LogP contribution in [0.2, 0.25) is 0 Å². The number of carboxylic acids is 1. The number of fused-ring (bicyclic) bond motifs is 2. The molecule has 226 valence electrons. The standard InChI is InChI=1S/C32H38N6O5/c1-18(2)28(33)30(40)36-25(14-19-16-34-23-10-5-3-8-21(19)23)31(41)38-13-7-12-27(38)29(39)37-26(32(42)43)15-20-17-35-24-11-6-4-9-22(20)24/h3-6,8-11,16-18,25-28,34-35H,7,12-15,33H2,1-2H3,(H,36,40)(H,37,39)(H,42,43). The van der Waals surface area contributed by atoms with E-state index in [1.165, 1.54) is 4.90 Å². The van der Waals surface area contributed by atoms with Crippen molar-refractivity contribution in [1.82, 2.24) is 25.5 Å². The number of carbonyl (C=O) groups excluding carboxylic acids is 3. The molecule has 4 unspecified atom stereocenters. The lowest BCUT2D eigenvalue weighted by atomic mass is 10.0. The SMILES string of the molecule is CC(C)C(N)C(=O)NC(Cc1c[nH]c2ccccc12)C(=O)N1CCCC1C(=O)NC(Cc1c[nH]c2ccccc12)C(=O)O. The number of aliphatic carboxylic acids is 1. The molecule has 7 N–H and O–H groups in total. The second kappa shape index (κ2) is 12.7. The molecule has 0 saturated carbocycles. The Balaban J connectivity index is 1.35. The number of aromatic amines is 2. The molecule has 5 rings (SSSR count). The number of nitrogens with one attached hydrogen (secondary N) is 4. The molecule has 1 aliphatic heterocycles. The maximum atomic E-state index is 14.0. The molecule has 4 atom stereocenters. The Hall–Kier alpha value is -4.64. The minimum atomic E-state index is -1.19. The van der Waals surface area contributed by atoms with Crippen molar-refractivity contribution in [2.45, 2.75) is 63.7 Å². The zero-order valence-corrected chi connectivity index (χ0v) is 24.3. The molecule has 3 amide bonds. The third-order valence-electron chi connectivity index (χ3n) is 8.29. The van der Waals surface area contributed by atoms with Crippen LogP contribution in [0, 0.1) is 5.92 Å². The minimum absolute atomic E-state index is 0.0814. The number of nitrogens with zero attached hydrogens (tertiary/aromatic N) is 1. The fraction of sp³-hybridized carbons (Fsp3) is 0.375. The van der Waals surface area contributed by atoms with Crippen molar-refractivity contribution >= 4 is 45.5 Å². The normalized spacial score (nSPS) is 17.2. The summed E-state index contributed by atoms with van der Waals surface area (Å²) in [6.45, 7) is 3.97. The molecule has 0 aliphatic carbocycles. The van der Waals surface area contributed by atoms with Gasteiger partial charge in [0.25, 0.3) is 0 Å². The van der Waals surface area contributed by atoms with E-state index in [1.54, 1.807) is 6.20 Å². The summed E-state index contributed by atoms with van der Waals surface area (Å²) < 4.78 is 0. The summed E-state index contributed by atoms with van der Waals surface area (Å²) >= 11 is 0. The lowest BCUT2D eigenvalue weighted by molar-refractivity contribution is -0.145. The van der Waals surface area contributed by atoms with Gasteiger partial charge in [-0.05, 0) is 42.0 Å². The molecule has 11 nitrogen and oxygen atoms in total. The average Bonchev–Trinajstić information content (AvgIpc) is 3.74. The number of para-hydroxylation sites is 2. The van der Waals surface area contributed by atoms with Gasteiger partial charge < -0.3 is 36.3 Å². The third kappa shape index (κ3) is 6.41. The van der Waals surface area contributed by atoms with Gasteiger partial charge in [0.1, 0.15) is 18.1 Å². The van der Waals surface area contributed by atoms with E-state index in [0.29, 0.717) is 19.4 Å². The van der Waals surface area contributed by atoms with Gasteiger partial charge >= 0.3 is 5.97 Å². The average molecular weight is 587 g/mol. The second-order valence-corrected chi connectivity index (χ2v) is 11.5.